The molecule has 102 valence electrons. The quantitative estimate of drug-likeness (QED) is 0.655. The Kier molecular flexibility index (Phi) is 7.87. The van der Waals surface area contributed by atoms with Gasteiger partial charge in [0.05, 0.1) is 0 Å². The summed E-state index contributed by atoms with van der Waals surface area (Å²) >= 11 is 0. The summed E-state index contributed by atoms with van der Waals surface area (Å²) in [6.45, 7) is 12.1. The Bertz CT molecular complexity index is 174. The van der Waals surface area contributed by atoms with Crippen LogP contribution in [-0.4, -0.2) is 37.1 Å². The van der Waals surface area contributed by atoms with Gasteiger partial charge in [-0.05, 0) is 64.2 Å². The average molecular weight is 240 g/mol. The monoisotopic (exact) mass is 240 g/mol. The van der Waals surface area contributed by atoms with Crippen molar-refractivity contribution in [3.05, 3.63) is 0 Å². The predicted octanol–water partition coefficient (Wildman–Crippen LogP) is 3.28. The summed E-state index contributed by atoms with van der Waals surface area (Å²) in [7, 11) is 0. The van der Waals surface area contributed by atoms with Gasteiger partial charge in [0.15, 0.2) is 0 Å². The molecular formula is C15H32N2. The molecule has 1 fully saturated rings. The van der Waals surface area contributed by atoms with Crippen LogP contribution in [0.1, 0.15) is 59.3 Å². The van der Waals surface area contributed by atoms with Crippen molar-refractivity contribution in [2.24, 2.45) is 5.92 Å². The Balaban J connectivity index is 1.99. The summed E-state index contributed by atoms with van der Waals surface area (Å²) in [5.74, 6) is 0.957. The van der Waals surface area contributed by atoms with Crippen molar-refractivity contribution in [1.82, 2.24) is 10.2 Å². The lowest BCUT2D eigenvalue weighted by atomic mass is 9.99. The number of likely N-dealkylation sites (tertiary alicyclic amines) is 1. The number of piperidine rings is 1. The van der Waals surface area contributed by atoms with E-state index in [0.29, 0.717) is 0 Å². The van der Waals surface area contributed by atoms with Crippen molar-refractivity contribution < 1.29 is 0 Å². The van der Waals surface area contributed by atoms with E-state index in [1.54, 1.807) is 0 Å². The van der Waals surface area contributed by atoms with Crippen LogP contribution in [0.2, 0.25) is 0 Å². The van der Waals surface area contributed by atoms with E-state index in [9.17, 15) is 0 Å². The molecule has 0 bridgehead atoms. The second kappa shape index (κ2) is 8.93. The van der Waals surface area contributed by atoms with Crippen LogP contribution >= 0.6 is 0 Å². The van der Waals surface area contributed by atoms with Gasteiger partial charge < -0.3 is 10.2 Å². The molecule has 0 amide bonds. The second-order valence-electron chi connectivity index (χ2n) is 5.73. The van der Waals surface area contributed by atoms with Crippen molar-refractivity contribution in [2.75, 3.05) is 26.2 Å². The zero-order valence-electron chi connectivity index (χ0n) is 12.2. The molecule has 0 aliphatic carbocycles. The van der Waals surface area contributed by atoms with Gasteiger partial charge >= 0.3 is 0 Å². The van der Waals surface area contributed by atoms with Crippen LogP contribution in [-0.2, 0) is 0 Å². The molecule has 1 aliphatic rings. The van der Waals surface area contributed by atoms with Crippen LogP contribution in [0.15, 0.2) is 0 Å². The van der Waals surface area contributed by atoms with Crippen LogP contribution in [0, 0.1) is 5.92 Å². The topological polar surface area (TPSA) is 15.3 Å². The van der Waals surface area contributed by atoms with Crippen molar-refractivity contribution in [3.8, 4) is 0 Å². The Morgan fingerprint density at radius 1 is 1.24 bits per heavy atom. The molecule has 0 aromatic heterocycles. The first kappa shape index (κ1) is 15.0. The average Bonchev–Trinajstić information content (AvgIpc) is 2.35. The minimum Gasteiger partial charge on any atom is -0.314 e. The molecule has 17 heavy (non-hydrogen) atoms. The highest BCUT2D eigenvalue weighted by atomic mass is 15.1. The number of hydrogen-bond donors (Lipinski definition) is 1. The van der Waals surface area contributed by atoms with Crippen LogP contribution < -0.4 is 5.32 Å². The molecule has 0 aromatic rings. The lowest BCUT2D eigenvalue weighted by Crippen LogP contribution is -2.36. The van der Waals surface area contributed by atoms with Crippen molar-refractivity contribution in [2.45, 2.75) is 65.3 Å². The third-order valence-electron chi connectivity index (χ3n) is 4.09. The zero-order chi connectivity index (χ0) is 12.5. The van der Waals surface area contributed by atoms with Gasteiger partial charge in [-0.1, -0.05) is 27.2 Å². The van der Waals surface area contributed by atoms with E-state index in [1.165, 1.54) is 64.7 Å². The highest BCUT2D eigenvalue weighted by Crippen LogP contribution is 2.15. The van der Waals surface area contributed by atoms with E-state index < -0.39 is 0 Å². The van der Waals surface area contributed by atoms with E-state index in [2.05, 4.69) is 31.0 Å². The molecule has 0 aromatic carbocycles. The first-order chi connectivity index (χ1) is 8.26. The summed E-state index contributed by atoms with van der Waals surface area (Å²) in [6, 6.07) is 0.751. The third-order valence-corrected chi connectivity index (χ3v) is 4.09. The maximum atomic E-state index is 3.69. The van der Waals surface area contributed by atoms with Crippen molar-refractivity contribution >= 4 is 0 Å². The van der Waals surface area contributed by atoms with E-state index in [0.717, 1.165) is 12.0 Å². The van der Waals surface area contributed by atoms with Crippen LogP contribution in [0.25, 0.3) is 0 Å². The van der Waals surface area contributed by atoms with Gasteiger partial charge in [-0.3, -0.25) is 0 Å². The van der Waals surface area contributed by atoms with Crippen molar-refractivity contribution in [1.29, 1.82) is 0 Å². The first-order valence-corrected chi connectivity index (χ1v) is 7.72. The largest absolute Gasteiger partial charge is 0.314 e. The third kappa shape index (κ3) is 6.42. The van der Waals surface area contributed by atoms with Gasteiger partial charge in [0.1, 0.15) is 0 Å². The maximum Gasteiger partial charge on any atom is 0.00643 e. The first-order valence-electron chi connectivity index (χ1n) is 7.72. The standard InChI is InChI=1S/C15H32N2/c1-4-7-15(5-2)16-10-6-11-17-12-8-14(3)9-13-17/h14-16H,4-13H2,1-3H3. The predicted molar refractivity (Wildman–Crippen MR) is 76.4 cm³/mol. The summed E-state index contributed by atoms with van der Waals surface area (Å²) in [4.78, 5) is 2.64. The summed E-state index contributed by atoms with van der Waals surface area (Å²) in [5.41, 5.74) is 0. The van der Waals surface area contributed by atoms with E-state index in [4.69, 9.17) is 0 Å². The Morgan fingerprint density at radius 2 is 1.94 bits per heavy atom. The van der Waals surface area contributed by atoms with E-state index >= 15 is 0 Å². The zero-order valence-corrected chi connectivity index (χ0v) is 12.2. The van der Waals surface area contributed by atoms with Crippen LogP contribution in [0.4, 0.5) is 0 Å². The fourth-order valence-corrected chi connectivity index (χ4v) is 2.69. The van der Waals surface area contributed by atoms with E-state index in [1.807, 2.05) is 0 Å². The Labute approximate surface area is 108 Å². The van der Waals surface area contributed by atoms with Gasteiger partial charge in [0.25, 0.3) is 0 Å². The van der Waals surface area contributed by atoms with Gasteiger partial charge in [-0.15, -0.1) is 0 Å². The van der Waals surface area contributed by atoms with Crippen molar-refractivity contribution in [3.63, 3.8) is 0 Å². The van der Waals surface area contributed by atoms with E-state index in [-0.39, 0.29) is 0 Å². The van der Waals surface area contributed by atoms with Crippen LogP contribution in [0.5, 0.6) is 0 Å². The number of nitrogens with one attached hydrogen (secondary N) is 1. The number of rotatable bonds is 8. The molecule has 1 rings (SSSR count). The fraction of sp³-hybridized carbons (Fsp3) is 1.00. The van der Waals surface area contributed by atoms with Gasteiger partial charge in [0.2, 0.25) is 0 Å². The SMILES string of the molecule is CCCC(CC)NCCCN1CCC(C)CC1. The molecule has 2 heteroatoms. The lowest BCUT2D eigenvalue weighted by molar-refractivity contribution is 0.189. The number of nitrogens with zero attached hydrogens (tertiary/aromatic N) is 1. The summed E-state index contributed by atoms with van der Waals surface area (Å²) < 4.78 is 0. The molecule has 1 aliphatic heterocycles. The maximum absolute atomic E-state index is 3.69. The molecule has 1 N–H and O–H groups in total. The normalized spacial score (nSPS) is 20.6. The number of hydrogen-bond acceptors (Lipinski definition) is 2. The fourth-order valence-electron chi connectivity index (χ4n) is 2.69. The molecule has 0 saturated carbocycles. The molecule has 0 spiro atoms. The van der Waals surface area contributed by atoms with Gasteiger partial charge in [-0.2, -0.15) is 0 Å². The van der Waals surface area contributed by atoms with Gasteiger partial charge in [0, 0.05) is 6.04 Å². The lowest BCUT2D eigenvalue weighted by Gasteiger charge is -2.30. The molecule has 0 radical (unpaired) electrons. The van der Waals surface area contributed by atoms with Gasteiger partial charge in [-0.25, -0.2) is 0 Å². The molecule has 1 saturated heterocycles. The molecule has 1 atom stereocenters. The minimum absolute atomic E-state index is 0.751. The highest BCUT2D eigenvalue weighted by Gasteiger charge is 2.14. The highest BCUT2D eigenvalue weighted by molar-refractivity contribution is 4.70. The Hall–Kier alpha value is -0.0800. The minimum atomic E-state index is 0.751. The molecule has 1 unspecified atom stereocenters. The Morgan fingerprint density at radius 3 is 2.53 bits per heavy atom. The summed E-state index contributed by atoms with van der Waals surface area (Å²) in [6.07, 6.45) is 8.03. The molecule has 2 nitrogen and oxygen atoms in total. The molecule has 1 heterocycles. The smallest absolute Gasteiger partial charge is 0.00643 e. The molecular weight excluding hydrogens is 208 g/mol. The van der Waals surface area contributed by atoms with Crippen LogP contribution in [0.3, 0.4) is 0 Å². The second-order valence-corrected chi connectivity index (χ2v) is 5.73. The summed E-state index contributed by atoms with van der Waals surface area (Å²) in [5, 5.41) is 3.69.